The fourth-order valence-electron chi connectivity index (χ4n) is 1.05. The fourth-order valence-corrected chi connectivity index (χ4v) is 1.86. The molecule has 0 aliphatic carbocycles. The van der Waals surface area contributed by atoms with E-state index in [0.29, 0.717) is 0 Å². The second-order valence-corrected chi connectivity index (χ2v) is 3.68. The number of hydrogen-bond donors (Lipinski definition) is 0. The highest BCUT2D eigenvalue weighted by Crippen LogP contribution is 2.35. The molecule has 0 fully saturated rings. The highest BCUT2D eigenvalue weighted by atomic mass is 79.9. The van der Waals surface area contributed by atoms with Gasteiger partial charge in [0, 0.05) is 10.7 Å². The Hall–Kier alpha value is -0.750. The quantitative estimate of drug-likeness (QED) is 0.805. The van der Waals surface area contributed by atoms with Crippen LogP contribution in [0.4, 0.5) is 8.78 Å². The summed E-state index contributed by atoms with van der Waals surface area (Å²) in [6, 6.07) is 0. The Balaban J connectivity index is 3.51. The van der Waals surface area contributed by atoms with Gasteiger partial charge in [-0.05, 0) is 27.5 Å². The Morgan fingerprint density at radius 3 is 2.67 bits per heavy atom. The summed E-state index contributed by atoms with van der Waals surface area (Å²) in [5.74, 6) is -0.308. The first-order chi connectivity index (χ1) is 6.99. The molecule has 0 aliphatic rings. The number of ether oxygens (including phenoxy) is 1. The fraction of sp³-hybridized carbons (Fsp3) is 0.250. The summed E-state index contributed by atoms with van der Waals surface area (Å²) in [7, 11) is 1.19. The number of halogens is 4. The summed E-state index contributed by atoms with van der Waals surface area (Å²) in [5.41, 5.74) is -0.926. The Morgan fingerprint density at radius 2 is 2.27 bits per heavy atom. The minimum atomic E-state index is -2.89. The van der Waals surface area contributed by atoms with Gasteiger partial charge in [0.15, 0.2) is 0 Å². The van der Waals surface area contributed by atoms with Crippen molar-refractivity contribution in [1.82, 2.24) is 4.98 Å². The molecule has 1 heterocycles. The molecule has 0 saturated carbocycles. The Labute approximate surface area is 97.5 Å². The number of rotatable bonds is 3. The zero-order chi connectivity index (χ0) is 11.6. The van der Waals surface area contributed by atoms with Crippen LogP contribution in [0.1, 0.15) is 22.3 Å². The standard InChI is InChI=1S/C8H5BrClF2NO2/c1-15-8-5(7(11)12)4(6(10)14)3(9)2-13-8/h2,7H,1H3. The van der Waals surface area contributed by atoms with Crippen molar-refractivity contribution in [2.75, 3.05) is 7.11 Å². The van der Waals surface area contributed by atoms with Gasteiger partial charge in [-0.3, -0.25) is 4.79 Å². The molecule has 0 atom stereocenters. The van der Waals surface area contributed by atoms with E-state index in [1.807, 2.05) is 0 Å². The SMILES string of the molecule is COc1ncc(Br)c(C(=O)Cl)c1C(F)F. The van der Waals surface area contributed by atoms with Crippen LogP contribution in [0.5, 0.6) is 5.88 Å². The van der Waals surface area contributed by atoms with Gasteiger partial charge in [0.25, 0.3) is 11.7 Å². The summed E-state index contributed by atoms with van der Waals surface area (Å²) >= 11 is 8.12. The molecular formula is C8H5BrClF2NO2. The molecular weight excluding hydrogens is 295 g/mol. The first-order valence-corrected chi connectivity index (χ1v) is 4.86. The number of carbonyl (C=O) groups excluding carboxylic acids is 1. The highest BCUT2D eigenvalue weighted by Gasteiger charge is 2.25. The second kappa shape index (κ2) is 4.85. The van der Waals surface area contributed by atoms with E-state index in [1.54, 1.807) is 0 Å². The van der Waals surface area contributed by atoms with E-state index < -0.39 is 17.2 Å². The van der Waals surface area contributed by atoms with E-state index in [9.17, 15) is 13.6 Å². The number of aromatic nitrogens is 1. The van der Waals surface area contributed by atoms with Gasteiger partial charge in [-0.1, -0.05) is 0 Å². The van der Waals surface area contributed by atoms with Gasteiger partial charge in [0.2, 0.25) is 5.88 Å². The first-order valence-electron chi connectivity index (χ1n) is 3.69. The normalized spacial score (nSPS) is 10.5. The lowest BCUT2D eigenvalue weighted by Gasteiger charge is -2.10. The van der Waals surface area contributed by atoms with Gasteiger partial charge >= 0.3 is 0 Å². The van der Waals surface area contributed by atoms with E-state index in [-0.39, 0.29) is 15.9 Å². The maximum atomic E-state index is 12.7. The predicted molar refractivity (Wildman–Crippen MR) is 53.6 cm³/mol. The van der Waals surface area contributed by atoms with Crippen LogP contribution in [-0.2, 0) is 0 Å². The molecule has 0 amide bonds. The van der Waals surface area contributed by atoms with E-state index in [0.717, 1.165) is 0 Å². The lowest BCUT2D eigenvalue weighted by molar-refractivity contribution is 0.106. The van der Waals surface area contributed by atoms with Crippen molar-refractivity contribution in [2.24, 2.45) is 0 Å². The molecule has 7 heteroatoms. The van der Waals surface area contributed by atoms with E-state index in [4.69, 9.17) is 11.6 Å². The van der Waals surface area contributed by atoms with Gasteiger partial charge in [-0.2, -0.15) is 0 Å². The number of nitrogens with zero attached hydrogens (tertiary/aromatic N) is 1. The maximum absolute atomic E-state index is 12.7. The molecule has 0 radical (unpaired) electrons. The van der Waals surface area contributed by atoms with Crippen molar-refractivity contribution < 1.29 is 18.3 Å². The summed E-state index contributed by atoms with van der Waals surface area (Å²) in [6.07, 6.45) is -1.71. The molecule has 0 saturated heterocycles. The number of hydrogen-bond acceptors (Lipinski definition) is 3. The van der Waals surface area contributed by atoms with Crippen LogP contribution in [0.2, 0.25) is 0 Å². The molecule has 0 spiro atoms. The van der Waals surface area contributed by atoms with Crippen LogP contribution >= 0.6 is 27.5 Å². The van der Waals surface area contributed by atoms with E-state index in [2.05, 4.69) is 25.7 Å². The smallest absolute Gasteiger partial charge is 0.269 e. The van der Waals surface area contributed by atoms with E-state index >= 15 is 0 Å². The molecule has 1 rings (SSSR count). The molecule has 0 aromatic carbocycles. The Kier molecular flexibility index (Phi) is 3.98. The Morgan fingerprint density at radius 1 is 1.67 bits per heavy atom. The summed E-state index contributed by atoms with van der Waals surface area (Å²) in [5, 5.41) is -0.988. The largest absolute Gasteiger partial charge is 0.481 e. The minimum Gasteiger partial charge on any atom is -0.481 e. The topological polar surface area (TPSA) is 39.2 Å². The molecule has 3 nitrogen and oxygen atoms in total. The van der Waals surface area contributed by atoms with Gasteiger partial charge in [-0.15, -0.1) is 0 Å². The summed E-state index contributed by atoms with van der Waals surface area (Å²) in [6.45, 7) is 0. The van der Waals surface area contributed by atoms with Crippen molar-refractivity contribution in [1.29, 1.82) is 0 Å². The number of methoxy groups -OCH3 is 1. The van der Waals surface area contributed by atoms with Crippen molar-refractivity contribution in [3.8, 4) is 5.88 Å². The summed E-state index contributed by atoms with van der Waals surface area (Å²) < 4.78 is 30.1. The van der Waals surface area contributed by atoms with Crippen LogP contribution in [0.25, 0.3) is 0 Å². The molecule has 15 heavy (non-hydrogen) atoms. The molecule has 0 bridgehead atoms. The molecule has 1 aromatic heterocycles. The van der Waals surface area contributed by atoms with Gasteiger partial charge in [0.05, 0.1) is 18.2 Å². The second-order valence-electron chi connectivity index (χ2n) is 2.48. The van der Waals surface area contributed by atoms with Crippen molar-refractivity contribution in [2.45, 2.75) is 6.43 Å². The molecule has 0 aliphatic heterocycles. The third kappa shape index (κ3) is 2.43. The van der Waals surface area contributed by atoms with Crippen LogP contribution in [0.3, 0.4) is 0 Å². The zero-order valence-electron chi connectivity index (χ0n) is 7.43. The summed E-state index contributed by atoms with van der Waals surface area (Å²) in [4.78, 5) is 14.6. The van der Waals surface area contributed by atoms with E-state index in [1.165, 1.54) is 13.3 Å². The molecule has 0 unspecified atom stereocenters. The van der Waals surface area contributed by atoms with Crippen molar-refractivity contribution in [3.05, 3.63) is 21.8 Å². The van der Waals surface area contributed by atoms with Gasteiger partial charge in [0.1, 0.15) is 0 Å². The average Bonchev–Trinajstić information content (AvgIpc) is 2.16. The van der Waals surface area contributed by atoms with Crippen molar-refractivity contribution in [3.63, 3.8) is 0 Å². The van der Waals surface area contributed by atoms with Crippen molar-refractivity contribution >= 4 is 32.8 Å². The molecule has 82 valence electrons. The van der Waals surface area contributed by atoms with Gasteiger partial charge in [-0.25, -0.2) is 13.8 Å². The lowest BCUT2D eigenvalue weighted by atomic mass is 10.1. The van der Waals surface area contributed by atoms with Crippen LogP contribution in [0.15, 0.2) is 10.7 Å². The number of pyridine rings is 1. The zero-order valence-corrected chi connectivity index (χ0v) is 9.77. The maximum Gasteiger partial charge on any atom is 0.269 e. The van der Waals surface area contributed by atoms with Crippen LogP contribution < -0.4 is 4.74 Å². The number of alkyl halides is 2. The predicted octanol–water partition coefficient (Wildman–Crippen LogP) is 3.17. The van der Waals surface area contributed by atoms with Crippen LogP contribution in [-0.4, -0.2) is 17.3 Å². The van der Waals surface area contributed by atoms with Crippen LogP contribution in [0, 0.1) is 0 Å². The van der Waals surface area contributed by atoms with Gasteiger partial charge < -0.3 is 4.74 Å². The minimum absolute atomic E-state index is 0.110. The Bertz CT molecular complexity index is 400. The number of carbonyl (C=O) groups is 1. The highest BCUT2D eigenvalue weighted by molar-refractivity contribution is 9.10. The third-order valence-corrected chi connectivity index (χ3v) is 2.43. The monoisotopic (exact) mass is 299 g/mol. The lowest BCUT2D eigenvalue weighted by Crippen LogP contribution is -2.04. The molecule has 1 aromatic rings. The third-order valence-electron chi connectivity index (χ3n) is 1.64. The average molecular weight is 300 g/mol. The molecule has 0 N–H and O–H groups in total. The first kappa shape index (κ1) is 12.3.